The van der Waals surface area contributed by atoms with Crippen LogP contribution in [0.3, 0.4) is 0 Å². The number of epoxide rings is 4. The first-order valence-corrected chi connectivity index (χ1v) is 10.1. The summed E-state index contributed by atoms with van der Waals surface area (Å²) in [4.78, 5) is 0. The Labute approximate surface area is 125 Å². The van der Waals surface area contributed by atoms with Gasteiger partial charge in [0.05, 0.1) is 56.6 Å². The third kappa shape index (κ3) is 3.65. The molecule has 4 fully saturated rings. The molecule has 4 unspecified atom stereocenters. The molecule has 0 saturated carbocycles. The van der Waals surface area contributed by atoms with E-state index >= 15 is 0 Å². The average Bonchev–Trinajstić information content (AvgIpc) is 3.24. The molecule has 4 aliphatic heterocycles. The summed E-state index contributed by atoms with van der Waals surface area (Å²) in [5.74, 6) is 0. The van der Waals surface area contributed by atoms with Gasteiger partial charge in [-0.2, -0.15) is 0 Å². The molecule has 4 saturated heterocycles. The van der Waals surface area contributed by atoms with Gasteiger partial charge in [-0.05, 0) is 12.1 Å². The molecular weight excluding hydrogens is 292 g/mol. The molecule has 21 heavy (non-hydrogen) atoms. The number of ether oxygens (including phenoxy) is 4. The smallest absolute Gasteiger partial charge is 0.232 e. The first-order valence-electron chi connectivity index (χ1n) is 7.74. The summed E-state index contributed by atoms with van der Waals surface area (Å²) in [6, 6.07) is 1.69. The van der Waals surface area contributed by atoms with Gasteiger partial charge in [-0.25, -0.2) is 0 Å². The molecule has 0 aromatic carbocycles. The fraction of sp³-hybridized carbons (Fsp3) is 1.00. The molecule has 0 aromatic rings. The van der Waals surface area contributed by atoms with Crippen molar-refractivity contribution in [3.05, 3.63) is 0 Å². The normalized spacial score (nSPS) is 39.7. The lowest BCUT2D eigenvalue weighted by atomic mass is 10.3. The van der Waals surface area contributed by atoms with E-state index in [1.807, 2.05) is 0 Å². The lowest BCUT2D eigenvalue weighted by Gasteiger charge is -2.43. The molecular formula is C13H24N2O5Si. The summed E-state index contributed by atoms with van der Waals surface area (Å²) in [6.45, 7) is 3.71. The third-order valence-corrected chi connectivity index (χ3v) is 9.53. The molecule has 0 bridgehead atoms. The third-order valence-electron chi connectivity index (χ3n) is 4.68. The second-order valence-corrected chi connectivity index (χ2v) is 10.8. The Morgan fingerprint density at radius 2 is 1.33 bits per heavy atom. The van der Waals surface area contributed by atoms with Crippen molar-refractivity contribution in [1.82, 2.24) is 0 Å². The Kier molecular flexibility index (Phi) is 3.62. The molecule has 8 heteroatoms. The molecule has 120 valence electrons. The zero-order chi connectivity index (χ0) is 14.5. The van der Waals surface area contributed by atoms with Crippen molar-refractivity contribution in [2.24, 2.45) is 11.5 Å². The van der Waals surface area contributed by atoms with Gasteiger partial charge in [0, 0.05) is 6.42 Å². The van der Waals surface area contributed by atoms with Gasteiger partial charge in [0.1, 0.15) is 6.10 Å². The highest BCUT2D eigenvalue weighted by Crippen LogP contribution is 2.39. The van der Waals surface area contributed by atoms with E-state index in [1.54, 1.807) is 0 Å². The number of hydrogen-bond donors (Lipinski definition) is 2. The predicted molar refractivity (Wildman–Crippen MR) is 76.0 cm³/mol. The Morgan fingerprint density at radius 1 is 0.857 bits per heavy atom. The number of rotatable bonds is 10. The number of hydrogen-bond acceptors (Lipinski definition) is 7. The van der Waals surface area contributed by atoms with Crippen molar-refractivity contribution in [3.8, 4) is 0 Å². The van der Waals surface area contributed by atoms with Crippen molar-refractivity contribution >= 4 is 8.32 Å². The molecule has 4 heterocycles. The quantitative estimate of drug-likeness (QED) is 0.305. The van der Waals surface area contributed by atoms with E-state index in [0.29, 0.717) is 13.0 Å². The maximum Gasteiger partial charge on any atom is 0.232 e. The lowest BCUT2D eigenvalue weighted by molar-refractivity contribution is 0.219. The highest BCUT2D eigenvalue weighted by molar-refractivity contribution is 6.77. The van der Waals surface area contributed by atoms with Crippen LogP contribution in [-0.4, -0.2) is 71.1 Å². The first-order chi connectivity index (χ1) is 10.1. The van der Waals surface area contributed by atoms with Crippen molar-refractivity contribution in [2.45, 2.75) is 48.2 Å². The van der Waals surface area contributed by atoms with Gasteiger partial charge in [-0.1, -0.05) is 0 Å². The minimum absolute atomic E-state index is 0.188. The monoisotopic (exact) mass is 316 g/mol. The van der Waals surface area contributed by atoms with Crippen LogP contribution in [0, 0.1) is 0 Å². The highest BCUT2D eigenvalue weighted by Gasteiger charge is 2.58. The molecule has 7 nitrogen and oxygen atoms in total. The first kappa shape index (κ1) is 14.5. The molecule has 0 spiro atoms. The van der Waals surface area contributed by atoms with Gasteiger partial charge in [0.2, 0.25) is 8.32 Å². The van der Waals surface area contributed by atoms with Crippen LogP contribution in [0.4, 0.5) is 0 Å². The molecule has 4 N–H and O–H groups in total. The maximum absolute atomic E-state index is 6.58. The van der Waals surface area contributed by atoms with Crippen LogP contribution in [0.2, 0.25) is 12.1 Å². The largest absolute Gasteiger partial charge is 0.411 e. The van der Waals surface area contributed by atoms with E-state index < -0.39 is 13.6 Å². The summed E-state index contributed by atoms with van der Waals surface area (Å²) in [5.41, 5.74) is 13.2. The van der Waals surface area contributed by atoms with Gasteiger partial charge in [0.15, 0.2) is 0 Å². The maximum atomic E-state index is 6.58. The summed E-state index contributed by atoms with van der Waals surface area (Å²) in [5, 5.41) is -0.818. The molecule has 4 atom stereocenters. The molecule has 4 rings (SSSR count). The molecule has 0 amide bonds. The van der Waals surface area contributed by atoms with Crippen LogP contribution >= 0.6 is 0 Å². The predicted octanol–water partition coefficient (Wildman–Crippen LogP) is -0.913. The Balaban J connectivity index is 1.51. The van der Waals surface area contributed by atoms with Crippen molar-refractivity contribution < 1.29 is 23.4 Å². The van der Waals surface area contributed by atoms with E-state index in [9.17, 15) is 0 Å². The summed E-state index contributed by atoms with van der Waals surface area (Å²) < 4.78 is 27.9. The van der Waals surface area contributed by atoms with E-state index in [0.717, 1.165) is 38.5 Å². The van der Waals surface area contributed by atoms with Crippen LogP contribution in [0.5, 0.6) is 0 Å². The molecule has 4 aliphatic rings. The Morgan fingerprint density at radius 3 is 1.76 bits per heavy atom. The second kappa shape index (κ2) is 5.24. The summed E-state index contributed by atoms with van der Waals surface area (Å²) in [6.07, 6.45) is 1.56. The summed E-state index contributed by atoms with van der Waals surface area (Å²) in [7, 11) is -2.42. The minimum Gasteiger partial charge on any atom is -0.411 e. The van der Waals surface area contributed by atoms with Gasteiger partial charge in [-0.3, -0.25) is 0 Å². The zero-order valence-corrected chi connectivity index (χ0v) is 13.2. The standard InChI is InChI=1S/C13H24N2O5Si/c14-13(15,1-9-2-16-9)21(7-11-4-18-11,8-12-5-19-12)20-6-10-3-17-10/h9-12H,1-8,14-15H2. The fourth-order valence-corrected chi connectivity index (χ4v) is 7.47. The average molecular weight is 316 g/mol. The van der Waals surface area contributed by atoms with Crippen molar-refractivity contribution in [1.29, 1.82) is 0 Å². The topological polar surface area (TPSA) is 111 Å². The van der Waals surface area contributed by atoms with E-state index in [4.69, 9.17) is 34.8 Å². The van der Waals surface area contributed by atoms with Crippen LogP contribution in [0.25, 0.3) is 0 Å². The van der Waals surface area contributed by atoms with Crippen LogP contribution in [0.1, 0.15) is 6.42 Å². The van der Waals surface area contributed by atoms with Gasteiger partial charge < -0.3 is 34.8 Å². The van der Waals surface area contributed by atoms with E-state index in [2.05, 4.69) is 0 Å². The summed E-state index contributed by atoms with van der Waals surface area (Å²) >= 11 is 0. The van der Waals surface area contributed by atoms with Crippen molar-refractivity contribution in [2.75, 3.05) is 33.0 Å². The van der Waals surface area contributed by atoms with Crippen LogP contribution < -0.4 is 11.5 Å². The Hall–Kier alpha value is -0.0631. The lowest BCUT2D eigenvalue weighted by Crippen LogP contribution is -2.73. The van der Waals surface area contributed by atoms with E-state index in [-0.39, 0.29) is 24.4 Å². The zero-order valence-electron chi connectivity index (χ0n) is 12.2. The number of nitrogens with two attached hydrogens (primary N) is 2. The van der Waals surface area contributed by atoms with Gasteiger partial charge in [-0.15, -0.1) is 0 Å². The van der Waals surface area contributed by atoms with E-state index in [1.165, 1.54) is 0 Å². The van der Waals surface area contributed by atoms with Crippen LogP contribution in [0.15, 0.2) is 0 Å². The fourth-order valence-electron chi connectivity index (χ4n) is 2.99. The molecule has 0 radical (unpaired) electrons. The highest BCUT2D eigenvalue weighted by atomic mass is 28.4. The van der Waals surface area contributed by atoms with Gasteiger partial charge in [0.25, 0.3) is 0 Å². The van der Waals surface area contributed by atoms with Crippen molar-refractivity contribution in [3.63, 3.8) is 0 Å². The SMILES string of the molecule is NC(N)(CC1CO1)[Si](CC1CO1)(CC1CO1)OCC1CO1. The minimum atomic E-state index is -2.42. The van der Waals surface area contributed by atoms with Gasteiger partial charge >= 0.3 is 0 Å². The second-order valence-electron chi connectivity index (χ2n) is 6.78. The molecule has 0 aliphatic carbocycles. The van der Waals surface area contributed by atoms with Crippen LogP contribution in [-0.2, 0) is 23.4 Å². The Bertz CT molecular complexity index is 380. The molecule has 0 aromatic heterocycles.